The normalized spacial score (nSPS) is 13.9. The minimum atomic E-state index is -4.61. The van der Waals surface area contributed by atoms with Gasteiger partial charge in [-0.3, -0.25) is 9.78 Å². The molecular weight excluding hydrogens is 417 g/mol. The van der Waals surface area contributed by atoms with Gasteiger partial charge in [0.25, 0.3) is 0 Å². The minimum absolute atomic E-state index is 0.0711. The number of carbonyl (C=O) groups excluding carboxylic acids is 1. The molecular formula is C21H26ClF3N4O. The molecule has 2 heterocycles. The number of hydrogen-bond donors (Lipinski definition) is 1. The number of nitrogens with zero attached hydrogens (tertiary/aromatic N) is 3. The molecule has 0 saturated carbocycles. The molecule has 2 unspecified atom stereocenters. The second-order valence-electron chi connectivity index (χ2n) is 7.87. The van der Waals surface area contributed by atoms with Gasteiger partial charge in [0.1, 0.15) is 0 Å². The molecule has 2 aromatic heterocycles. The van der Waals surface area contributed by atoms with E-state index in [-0.39, 0.29) is 18.4 Å². The van der Waals surface area contributed by atoms with Crippen molar-refractivity contribution in [3.63, 3.8) is 0 Å². The van der Waals surface area contributed by atoms with Crippen LogP contribution in [0.2, 0.25) is 5.02 Å². The maximum absolute atomic E-state index is 12.6. The monoisotopic (exact) mass is 442 g/mol. The van der Waals surface area contributed by atoms with Crippen LogP contribution in [-0.4, -0.2) is 20.9 Å². The predicted octanol–water partition coefficient (Wildman–Crippen LogP) is 5.54. The lowest BCUT2D eigenvalue weighted by Gasteiger charge is -2.18. The van der Waals surface area contributed by atoms with Gasteiger partial charge in [-0.25, -0.2) is 9.97 Å². The van der Waals surface area contributed by atoms with Gasteiger partial charge < -0.3 is 5.32 Å². The van der Waals surface area contributed by atoms with Crippen molar-refractivity contribution in [3.05, 3.63) is 41.1 Å². The van der Waals surface area contributed by atoms with Crippen molar-refractivity contribution in [2.45, 2.75) is 53.3 Å². The van der Waals surface area contributed by atoms with Crippen LogP contribution in [0.5, 0.6) is 0 Å². The fourth-order valence-electron chi connectivity index (χ4n) is 2.71. The molecule has 0 aliphatic carbocycles. The van der Waals surface area contributed by atoms with Crippen LogP contribution in [0.1, 0.15) is 51.9 Å². The topological polar surface area (TPSA) is 67.8 Å². The molecule has 0 aliphatic rings. The third-order valence-electron chi connectivity index (χ3n) is 5.23. The van der Waals surface area contributed by atoms with Crippen molar-refractivity contribution >= 4 is 17.5 Å². The molecule has 9 heteroatoms. The molecule has 1 amide bonds. The summed E-state index contributed by atoms with van der Waals surface area (Å²) < 4.78 is 37.9. The van der Waals surface area contributed by atoms with Crippen LogP contribution >= 0.6 is 11.6 Å². The van der Waals surface area contributed by atoms with Gasteiger partial charge in [0.2, 0.25) is 11.7 Å². The Morgan fingerprint density at radius 2 is 1.70 bits per heavy atom. The summed E-state index contributed by atoms with van der Waals surface area (Å²) in [6.07, 6.45) is 0.678. The average molecular weight is 443 g/mol. The molecule has 1 N–H and O–H groups in total. The lowest BCUT2D eigenvalue weighted by atomic mass is 9.90. The van der Waals surface area contributed by atoms with E-state index in [0.717, 1.165) is 25.2 Å². The van der Waals surface area contributed by atoms with E-state index in [0.29, 0.717) is 33.7 Å². The Balaban J connectivity index is 2.02. The van der Waals surface area contributed by atoms with Crippen molar-refractivity contribution in [2.24, 2.45) is 17.8 Å². The van der Waals surface area contributed by atoms with Gasteiger partial charge in [0.05, 0.1) is 10.7 Å². The summed E-state index contributed by atoms with van der Waals surface area (Å²) in [5, 5.41) is 3.22. The summed E-state index contributed by atoms with van der Waals surface area (Å²) in [6, 6.07) is 1.61. The summed E-state index contributed by atoms with van der Waals surface area (Å²) in [5.41, 5.74) is 1.30. The molecule has 0 aromatic carbocycles. The fraction of sp³-hybridized carbons (Fsp3) is 0.524. The molecule has 30 heavy (non-hydrogen) atoms. The van der Waals surface area contributed by atoms with Crippen molar-refractivity contribution in [1.82, 2.24) is 20.3 Å². The number of halogens is 4. The number of alkyl halides is 3. The fourth-order valence-corrected chi connectivity index (χ4v) is 2.88. The van der Waals surface area contributed by atoms with E-state index in [2.05, 4.69) is 41.0 Å². The molecule has 0 radical (unpaired) electrons. The Hall–Kier alpha value is -2.22. The SMILES string of the molecule is CC(CCC(C)C(C)C)C(=O)NCc1cc(-c2cnc(C(F)(F)F)nc2)ncc1Cl. The molecule has 0 bridgehead atoms. The molecule has 0 spiro atoms. The summed E-state index contributed by atoms with van der Waals surface area (Å²) in [4.78, 5) is 23.2. The number of nitrogens with one attached hydrogen (secondary N) is 1. The van der Waals surface area contributed by atoms with Gasteiger partial charge in [0.15, 0.2) is 0 Å². The Morgan fingerprint density at radius 1 is 1.07 bits per heavy atom. The van der Waals surface area contributed by atoms with E-state index in [1.165, 1.54) is 6.20 Å². The molecule has 0 fully saturated rings. The van der Waals surface area contributed by atoms with Crippen molar-refractivity contribution in [1.29, 1.82) is 0 Å². The second kappa shape index (κ2) is 10.2. The van der Waals surface area contributed by atoms with E-state index >= 15 is 0 Å². The summed E-state index contributed by atoms with van der Waals surface area (Å²) >= 11 is 6.18. The number of aromatic nitrogens is 3. The van der Waals surface area contributed by atoms with Gasteiger partial charge in [-0.1, -0.05) is 39.3 Å². The lowest BCUT2D eigenvalue weighted by molar-refractivity contribution is -0.145. The van der Waals surface area contributed by atoms with Crippen LogP contribution in [0, 0.1) is 17.8 Å². The Bertz CT molecular complexity index is 856. The maximum Gasteiger partial charge on any atom is 0.451 e. The largest absolute Gasteiger partial charge is 0.451 e. The van der Waals surface area contributed by atoms with Crippen LogP contribution in [0.3, 0.4) is 0 Å². The number of rotatable bonds is 8. The standard InChI is InChI=1S/C21H26ClF3N4O/c1-12(2)13(3)5-6-14(4)19(30)27-8-15-7-18(26-11-17(15)22)16-9-28-20(29-10-16)21(23,24)25/h7,9-14H,5-6,8H2,1-4H3,(H,27,30). The van der Waals surface area contributed by atoms with Crippen LogP contribution in [0.25, 0.3) is 11.3 Å². The first-order valence-corrected chi connectivity index (χ1v) is 10.2. The van der Waals surface area contributed by atoms with E-state index < -0.39 is 12.0 Å². The Kier molecular flexibility index (Phi) is 8.18. The molecule has 2 aromatic rings. The average Bonchev–Trinajstić information content (AvgIpc) is 2.70. The zero-order chi connectivity index (χ0) is 22.5. The molecule has 0 aliphatic heterocycles. The zero-order valence-electron chi connectivity index (χ0n) is 17.4. The van der Waals surface area contributed by atoms with E-state index in [1.807, 2.05) is 6.92 Å². The van der Waals surface area contributed by atoms with Crippen LogP contribution < -0.4 is 5.32 Å². The first kappa shape index (κ1) is 24.1. The Morgan fingerprint density at radius 3 is 2.27 bits per heavy atom. The molecule has 164 valence electrons. The number of pyridine rings is 1. The lowest BCUT2D eigenvalue weighted by Crippen LogP contribution is -2.29. The number of carbonyl (C=O) groups is 1. The quantitative estimate of drug-likeness (QED) is 0.583. The predicted molar refractivity (Wildman–Crippen MR) is 110 cm³/mol. The van der Waals surface area contributed by atoms with E-state index in [9.17, 15) is 18.0 Å². The van der Waals surface area contributed by atoms with Gasteiger partial charge in [-0.05, 0) is 36.3 Å². The number of hydrogen-bond acceptors (Lipinski definition) is 4. The van der Waals surface area contributed by atoms with Crippen molar-refractivity contribution in [2.75, 3.05) is 0 Å². The van der Waals surface area contributed by atoms with Gasteiger partial charge in [0, 0.05) is 36.6 Å². The highest BCUT2D eigenvalue weighted by Gasteiger charge is 2.34. The molecule has 2 rings (SSSR count). The first-order valence-electron chi connectivity index (χ1n) is 9.80. The molecule has 5 nitrogen and oxygen atoms in total. The second-order valence-corrected chi connectivity index (χ2v) is 8.28. The van der Waals surface area contributed by atoms with Gasteiger partial charge in [-0.15, -0.1) is 0 Å². The zero-order valence-corrected chi connectivity index (χ0v) is 18.2. The smallest absolute Gasteiger partial charge is 0.352 e. The minimum Gasteiger partial charge on any atom is -0.352 e. The van der Waals surface area contributed by atoms with Gasteiger partial charge >= 0.3 is 6.18 Å². The third-order valence-corrected chi connectivity index (χ3v) is 5.57. The van der Waals surface area contributed by atoms with Crippen molar-refractivity contribution in [3.8, 4) is 11.3 Å². The highest BCUT2D eigenvalue weighted by atomic mass is 35.5. The molecule has 0 saturated heterocycles. The Labute approximate surface area is 179 Å². The van der Waals surface area contributed by atoms with E-state index in [4.69, 9.17) is 11.6 Å². The van der Waals surface area contributed by atoms with Crippen LogP contribution in [-0.2, 0) is 17.5 Å². The maximum atomic E-state index is 12.6. The highest BCUT2D eigenvalue weighted by molar-refractivity contribution is 6.31. The van der Waals surface area contributed by atoms with E-state index in [1.54, 1.807) is 6.07 Å². The summed E-state index contributed by atoms with van der Waals surface area (Å²) in [6.45, 7) is 8.60. The third kappa shape index (κ3) is 6.65. The van der Waals surface area contributed by atoms with Crippen molar-refractivity contribution < 1.29 is 18.0 Å². The van der Waals surface area contributed by atoms with Crippen LogP contribution in [0.4, 0.5) is 13.2 Å². The summed E-state index contributed by atoms with van der Waals surface area (Å²) in [7, 11) is 0. The first-order chi connectivity index (χ1) is 14.0. The number of amides is 1. The summed E-state index contributed by atoms with van der Waals surface area (Å²) in [5.74, 6) is -0.298. The van der Waals surface area contributed by atoms with Gasteiger partial charge in [-0.2, -0.15) is 13.2 Å². The highest BCUT2D eigenvalue weighted by Crippen LogP contribution is 2.27. The molecule has 2 atom stereocenters. The van der Waals surface area contributed by atoms with Crippen LogP contribution in [0.15, 0.2) is 24.7 Å².